The Morgan fingerprint density at radius 1 is 0.875 bits per heavy atom. The van der Waals surface area contributed by atoms with Crippen molar-refractivity contribution in [3.05, 3.63) is 84.2 Å². The van der Waals surface area contributed by atoms with E-state index in [9.17, 15) is 0 Å². The molecule has 4 aromatic rings. The third kappa shape index (κ3) is 2.49. The number of hydrogen-bond acceptors (Lipinski definition) is 2. The van der Waals surface area contributed by atoms with E-state index in [4.69, 9.17) is 10.1 Å². The van der Waals surface area contributed by atoms with Gasteiger partial charge in [0.05, 0.1) is 12.3 Å². The normalized spacial score (nSPS) is 11.1. The molecule has 0 aliphatic heterocycles. The lowest BCUT2D eigenvalue weighted by Crippen LogP contribution is -1.93. The van der Waals surface area contributed by atoms with E-state index < -0.39 is 0 Å². The summed E-state index contributed by atoms with van der Waals surface area (Å²) in [6, 6.07) is 22.4. The van der Waals surface area contributed by atoms with Crippen LogP contribution in [0.2, 0.25) is 0 Å². The maximum absolute atomic E-state index is 9.17. The molecular formula is C21H18N2O. The van der Waals surface area contributed by atoms with Gasteiger partial charge in [-0.2, -0.15) is 0 Å². The molecule has 2 aromatic carbocycles. The Labute approximate surface area is 140 Å². The number of hydrogen-bond donors (Lipinski definition) is 1. The van der Waals surface area contributed by atoms with Crippen LogP contribution < -0.4 is 0 Å². The summed E-state index contributed by atoms with van der Waals surface area (Å²) in [5.74, 6) is 0. The van der Waals surface area contributed by atoms with Crippen molar-refractivity contribution in [3.63, 3.8) is 0 Å². The Hall–Kier alpha value is -2.91. The van der Waals surface area contributed by atoms with Gasteiger partial charge in [0, 0.05) is 23.0 Å². The summed E-state index contributed by atoms with van der Waals surface area (Å²) in [4.78, 5) is 4.73. The summed E-state index contributed by atoms with van der Waals surface area (Å²) in [5.41, 5.74) is 7.43. The van der Waals surface area contributed by atoms with Gasteiger partial charge in [-0.25, -0.2) is 4.98 Å². The molecule has 2 heterocycles. The van der Waals surface area contributed by atoms with Gasteiger partial charge in [-0.1, -0.05) is 54.6 Å². The van der Waals surface area contributed by atoms with E-state index in [0.29, 0.717) is 0 Å². The van der Waals surface area contributed by atoms with Gasteiger partial charge in [0.1, 0.15) is 5.65 Å². The second-order valence-corrected chi connectivity index (χ2v) is 5.91. The van der Waals surface area contributed by atoms with Crippen LogP contribution in [0.1, 0.15) is 11.3 Å². The molecule has 1 N–H and O–H groups in total. The maximum Gasteiger partial charge on any atom is 0.137 e. The van der Waals surface area contributed by atoms with Crippen molar-refractivity contribution in [2.45, 2.75) is 13.5 Å². The molecule has 0 atom stereocenters. The van der Waals surface area contributed by atoms with Crippen LogP contribution in [0.5, 0.6) is 0 Å². The van der Waals surface area contributed by atoms with Crippen LogP contribution in [-0.2, 0) is 6.61 Å². The van der Waals surface area contributed by atoms with E-state index in [2.05, 4.69) is 53.9 Å². The molecule has 0 saturated carbocycles. The van der Waals surface area contributed by atoms with Crippen molar-refractivity contribution in [2.75, 3.05) is 0 Å². The highest BCUT2D eigenvalue weighted by atomic mass is 16.3. The molecule has 118 valence electrons. The summed E-state index contributed by atoms with van der Waals surface area (Å²) >= 11 is 0. The standard InChI is InChI=1S/C21H18N2O/c1-15-19(17-5-3-2-4-6-17)11-12-21-22-20(13-23(15)21)18-9-7-16(14-24)8-10-18/h2-13,24H,14H2,1H3. The second kappa shape index (κ2) is 5.95. The number of aryl methyl sites for hydroxylation is 1. The largest absolute Gasteiger partial charge is 0.392 e. The number of pyridine rings is 1. The van der Waals surface area contributed by atoms with Crippen molar-refractivity contribution in [3.8, 4) is 22.4 Å². The Kier molecular flexibility index (Phi) is 3.63. The van der Waals surface area contributed by atoms with Gasteiger partial charge >= 0.3 is 0 Å². The smallest absolute Gasteiger partial charge is 0.137 e. The van der Waals surface area contributed by atoms with Crippen LogP contribution in [0.25, 0.3) is 28.0 Å². The number of imidazole rings is 1. The zero-order chi connectivity index (χ0) is 16.5. The van der Waals surface area contributed by atoms with Gasteiger partial charge in [0.2, 0.25) is 0 Å². The van der Waals surface area contributed by atoms with Gasteiger partial charge in [-0.15, -0.1) is 0 Å². The highest BCUT2D eigenvalue weighted by Crippen LogP contribution is 2.27. The fraction of sp³-hybridized carbons (Fsp3) is 0.0952. The van der Waals surface area contributed by atoms with E-state index in [-0.39, 0.29) is 6.61 Å². The van der Waals surface area contributed by atoms with Crippen molar-refractivity contribution in [2.24, 2.45) is 0 Å². The minimum Gasteiger partial charge on any atom is -0.392 e. The first kappa shape index (κ1) is 14.7. The van der Waals surface area contributed by atoms with E-state index in [1.165, 1.54) is 16.8 Å². The van der Waals surface area contributed by atoms with Gasteiger partial charge < -0.3 is 9.51 Å². The van der Waals surface area contributed by atoms with Gasteiger partial charge in [-0.05, 0) is 30.2 Å². The van der Waals surface area contributed by atoms with E-state index >= 15 is 0 Å². The van der Waals surface area contributed by atoms with Crippen molar-refractivity contribution < 1.29 is 5.11 Å². The summed E-state index contributed by atoms with van der Waals surface area (Å²) in [7, 11) is 0. The summed E-state index contributed by atoms with van der Waals surface area (Å²) in [5, 5.41) is 9.17. The molecule has 2 aromatic heterocycles. The SMILES string of the molecule is Cc1c(-c2ccccc2)ccc2nc(-c3ccc(CO)cc3)cn12. The topological polar surface area (TPSA) is 37.5 Å². The molecule has 0 fully saturated rings. The number of aromatic nitrogens is 2. The molecule has 24 heavy (non-hydrogen) atoms. The first-order valence-corrected chi connectivity index (χ1v) is 8.00. The van der Waals surface area contributed by atoms with Gasteiger partial charge in [-0.3, -0.25) is 0 Å². The molecule has 0 spiro atoms. The van der Waals surface area contributed by atoms with Crippen LogP contribution in [0, 0.1) is 6.92 Å². The Bertz CT molecular complexity index is 986. The third-order valence-corrected chi connectivity index (χ3v) is 4.40. The van der Waals surface area contributed by atoms with Crippen LogP contribution in [0.3, 0.4) is 0 Å². The van der Waals surface area contributed by atoms with E-state index in [0.717, 1.165) is 22.5 Å². The average molecular weight is 314 g/mol. The molecule has 4 rings (SSSR count). The minimum atomic E-state index is 0.0605. The van der Waals surface area contributed by atoms with Gasteiger partial charge in [0.25, 0.3) is 0 Å². The number of fused-ring (bicyclic) bond motifs is 1. The molecular weight excluding hydrogens is 296 g/mol. The second-order valence-electron chi connectivity index (χ2n) is 5.91. The Morgan fingerprint density at radius 3 is 2.33 bits per heavy atom. The Balaban J connectivity index is 1.82. The summed E-state index contributed by atoms with van der Waals surface area (Å²) < 4.78 is 2.14. The maximum atomic E-state index is 9.17. The average Bonchev–Trinajstić information content (AvgIpc) is 3.08. The first-order valence-electron chi connectivity index (χ1n) is 8.00. The fourth-order valence-corrected chi connectivity index (χ4v) is 3.03. The molecule has 0 unspecified atom stereocenters. The van der Waals surface area contributed by atoms with Crippen LogP contribution in [0.4, 0.5) is 0 Å². The number of rotatable bonds is 3. The molecule has 0 radical (unpaired) electrons. The highest BCUT2D eigenvalue weighted by molar-refractivity contribution is 5.70. The molecule has 0 aliphatic carbocycles. The van der Waals surface area contributed by atoms with Crippen LogP contribution in [0.15, 0.2) is 72.9 Å². The van der Waals surface area contributed by atoms with Crippen molar-refractivity contribution >= 4 is 5.65 Å². The fourth-order valence-electron chi connectivity index (χ4n) is 3.03. The molecule has 3 heteroatoms. The monoisotopic (exact) mass is 314 g/mol. The predicted octanol–water partition coefficient (Wildman–Crippen LogP) is 4.47. The summed E-state index contributed by atoms with van der Waals surface area (Å²) in [6.07, 6.45) is 2.07. The van der Waals surface area contributed by atoms with Crippen molar-refractivity contribution in [1.29, 1.82) is 0 Å². The minimum absolute atomic E-state index is 0.0605. The molecule has 0 amide bonds. The number of aliphatic hydroxyl groups is 1. The number of nitrogens with zero attached hydrogens (tertiary/aromatic N) is 2. The summed E-state index contributed by atoms with van der Waals surface area (Å²) in [6.45, 7) is 2.18. The van der Waals surface area contributed by atoms with Crippen molar-refractivity contribution in [1.82, 2.24) is 9.38 Å². The third-order valence-electron chi connectivity index (χ3n) is 4.40. The lowest BCUT2D eigenvalue weighted by Gasteiger charge is -2.08. The highest BCUT2D eigenvalue weighted by Gasteiger charge is 2.09. The lowest BCUT2D eigenvalue weighted by molar-refractivity contribution is 0.282. The Morgan fingerprint density at radius 2 is 1.62 bits per heavy atom. The molecule has 3 nitrogen and oxygen atoms in total. The lowest BCUT2D eigenvalue weighted by atomic mass is 10.0. The zero-order valence-corrected chi connectivity index (χ0v) is 13.5. The first-order chi connectivity index (χ1) is 11.8. The molecule has 0 bridgehead atoms. The molecule has 0 saturated heterocycles. The number of benzene rings is 2. The zero-order valence-electron chi connectivity index (χ0n) is 13.5. The van der Waals surface area contributed by atoms with E-state index in [1.54, 1.807) is 0 Å². The quantitative estimate of drug-likeness (QED) is 0.606. The predicted molar refractivity (Wildman–Crippen MR) is 96.7 cm³/mol. The van der Waals surface area contributed by atoms with Crippen LogP contribution in [-0.4, -0.2) is 14.5 Å². The molecule has 0 aliphatic rings. The van der Waals surface area contributed by atoms with Crippen LogP contribution >= 0.6 is 0 Å². The van der Waals surface area contributed by atoms with E-state index in [1.807, 2.05) is 30.3 Å². The number of aliphatic hydroxyl groups excluding tert-OH is 1. The van der Waals surface area contributed by atoms with Gasteiger partial charge in [0.15, 0.2) is 0 Å².